The van der Waals surface area contributed by atoms with Crippen LogP contribution in [0.25, 0.3) is 0 Å². The van der Waals surface area contributed by atoms with Gasteiger partial charge in [0.25, 0.3) is 0 Å². The first-order valence-corrected chi connectivity index (χ1v) is 8.78. The SMILES string of the molecule is CCCN1CCC(NC2CCCCCC2)(C(=O)OC)CC1. The van der Waals surface area contributed by atoms with E-state index in [-0.39, 0.29) is 5.97 Å². The van der Waals surface area contributed by atoms with Gasteiger partial charge in [-0.15, -0.1) is 0 Å². The molecule has 0 aromatic rings. The van der Waals surface area contributed by atoms with Crippen LogP contribution in [-0.2, 0) is 9.53 Å². The molecule has 0 spiro atoms. The summed E-state index contributed by atoms with van der Waals surface area (Å²) in [5, 5.41) is 3.72. The van der Waals surface area contributed by atoms with Crippen molar-refractivity contribution in [3.8, 4) is 0 Å². The van der Waals surface area contributed by atoms with Gasteiger partial charge in [0.1, 0.15) is 5.54 Å². The van der Waals surface area contributed by atoms with Gasteiger partial charge in [-0.2, -0.15) is 0 Å². The van der Waals surface area contributed by atoms with Crippen LogP contribution in [0.2, 0.25) is 0 Å². The van der Waals surface area contributed by atoms with Crippen LogP contribution in [0, 0.1) is 0 Å². The highest BCUT2D eigenvalue weighted by molar-refractivity contribution is 5.81. The summed E-state index contributed by atoms with van der Waals surface area (Å²) >= 11 is 0. The number of carbonyl (C=O) groups excluding carboxylic acids is 1. The summed E-state index contributed by atoms with van der Waals surface area (Å²) in [7, 11) is 1.53. The molecule has 2 rings (SSSR count). The van der Waals surface area contributed by atoms with Gasteiger partial charge in [0.05, 0.1) is 7.11 Å². The van der Waals surface area contributed by atoms with Crippen LogP contribution in [0.15, 0.2) is 0 Å². The van der Waals surface area contributed by atoms with Crippen molar-refractivity contribution in [1.29, 1.82) is 0 Å². The Kier molecular flexibility index (Phi) is 6.49. The minimum Gasteiger partial charge on any atom is -0.468 e. The van der Waals surface area contributed by atoms with Crippen LogP contribution in [0.1, 0.15) is 64.7 Å². The predicted octanol–water partition coefficient (Wildman–Crippen LogP) is 2.72. The highest BCUT2D eigenvalue weighted by Crippen LogP contribution is 2.27. The van der Waals surface area contributed by atoms with E-state index < -0.39 is 5.54 Å². The maximum absolute atomic E-state index is 12.4. The zero-order chi connectivity index (χ0) is 15.1. The second kappa shape index (κ2) is 8.14. The molecule has 1 heterocycles. The Labute approximate surface area is 129 Å². The van der Waals surface area contributed by atoms with Crippen molar-refractivity contribution >= 4 is 5.97 Å². The average molecular weight is 296 g/mol. The molecule has 1 aliphatic carbocycles. The molecule has 21 heavy (non-hydrogen) atoms. The molecule has 0 amide bonds. The quantitative estimate of drug-likeness (QED) is 0.625. The number of piperidine rings is 1. The summed E-state index contributed by atoms with van der Waals surface area (Å²) in [5.74, 6) is -0.0529. The zero-order valence-electron chi connectivity index (χ0n) is 13.8. The minimum absolute atomic E-state index is 0.0529. The fourth-order valence-electron chi connectivity index (χ4n) is 3.89. The molecule has 1 saturated carbocycles. The molecule has 0 unspecified atom stereocenters. The van der Waals surface area contributed by atoms with E-state index in [1.807, 2.05) is 0 Å². The standard InChI is InChI=1S/C17H32N2O2/c1-3-12-19-13-10-17(11-14-19,16(20)21-2)18-15-8-6-4-5-7-9-15/h15,18H,3-14H2,1-2H3. The van der Waals surface area contributed by atoms with Gasteiger partial charge in [-0.1, -0.05) is 32.6 Å². The molecule has 4 nitrogen and oxygen atoms in total. The van der Waals surface area contributed by atoms with Gasteiger partial charge in [-0.25, -0.2) is 0 Å². The molecule has 0 aromatic carbocycles. The number of carbonyl (C=O) groups is 1. The first kappa shape index (κ1) is 16.8. The van der Waals surface area contributed by atoms with E-state index in [0.29, 0.717) is 6.04 Å². The van der Waals surface area contributed by atoms with Crippen molar-refractivity contribution in [3.63, 3.8) is 0 Å². The highest BCUT2D eigenvalue weighted by Gasteiger charge is 2.43. The third kappa shape index (κ3) is 4.43. The average Bonchev–Trinajstić information content (AvgIpc) is 2.77. The van der Waals surface area contributed by atoms with Crippen LogP contribution >= 0.6 is 0 Å². The van der Waals surface area contributed by atoms with Crippen LogP contribution in [0.4, 0.5) is 0 Å². The number of ether oxygens (including phenoxy) is 1. The maximum atomic E-state index is 12.4. The van der Waals surface area contributed by atoms with Crippen LogP contribution in [0.3, 0.4) is 0 Å². The maximum Gasteiger partial charge on any atom is 0.326 e. The molecule has 0 radical (unpaired) electrons. The fourth-order valence-corrected chi connectivity index (χ4v) is 3.89. The largest absolute Gasteiger partial charge is 0.468 e. The van der Waals surface area contributed by atoms with Crippen molar-refractivity contribution in [3.05, 3.63) is 0 Å². The molecule has 1 N–H and O–H groups in total. The molecule has 4 heteroatoms. The molecular weight excluding hydrogens is 264 g/mol. The van der Waals surface area contributed by atoms with Crippen molar-refractivity contribution < 1.29 is 9.53 Å². The third-order valence-corrected chi connectivity index (χ3v) is 5.16. The molecule has 2 fully saturated rings. The number of rotatable bonds is 5. The molecule has 122 valence electrons. The van der Waals surface area contributed by atoms with Gasteiger partial charge in [0, 0.05) is 19.1 Å². The molecule has 0 bridgehead atoms. The van der Waals surface area contributed by atoms with E-state index in [4.69, 9.17) is 4.74 Å². The van der Waals surface area contributed by atoms with Gasteiger partial charge >= 0.3 is 5.97 Å². The Morgan fingerprint density at radius 2 is 1.81 bits per heavy atom. The summed E-state index contributed by atoms with van der Waals surface area (Å²) in [6.45, 7) is 5.36. The number of hydrogen-bond acceptors (Lipinski definition) is 4. The lowest BCUT2D eigenvalue weighted by atomic mass is 9.85. The Balaban J connectivity index is 1.99. The van der Waals surface area contributed by atoms with E-state index >= 15 is 0 Å². The smallest absolute Gasteiger partial charge is 0.326 e. The van der Waals surface area contributed by atoms with Gasteiger partial charge in [-0.3, -0.25) is 10.1 Å². The molecule has 1 saturated heterocycles. The summed E-state index contributed by atoms with van der Waals surface area (Å²) < 4.78 is 5.14. The number of methoxy groups -OCH3 is 1. The fraction of sp³-hybridized carbons (Fsp3) is 0.941. The van der Waals surface area contributed by atoms with E-state index in [9.17, 15) is 4.79 Å². The van der Waals surface area contributed by atoms with Gasteiger partial charge < -0.3 is 9.64 Å². The number of likely N-dealkylation sites (tertiary alicyclic amines) is 1. The molecule has 1 aliphatic heterocycles. The Bertz CT molecular complexity index is 317. The normalized spacial score (nSPS) is 24.5. The topological polar surface area (TPSA) is 41.6 Å². The lowest BCUT2D eigenvalue weighted by Gasteiger charge is -2.42. The summed E-state index contributed by atoms with van der Waals surface area (Å²) in [6.07, 6.45) is 10.6. The Hall–Kier alpha value is -0.610. The third-order valence-electron chi connectivity index (χ3n) is 5.16. The number of esters is 1. The summed E-state index contributed by atoms with van der Waals surface area (Å²) in [6, 6.07) is 0.490. The lowest BCUT2D eigenvalue weighted by Crippen LogP contribution is -2.61. The second-order valence-electron chi connectivity index (χ2n) is 6.75. The number of hydrogen-bond donors (Lipinski definition) is 1. The van der Waals surface area contributed by atoms with Crippen molar-refractivity contribution in [1.82, 2.24) is 10.2 Å². The minimum atomic E-state index is -0.437. The number of nitrogens with one attached hydrogen (secondary N) is 1. The highest BCUT2D eigenvalue weighted by atomic mass is 16.5. The first-order chi connectivity index (χ1) is 10.2. The van der Waals surface area contributed by atoms with E-state index in [0.717, 1.165) is 32.5 Å². The van der Waals surface area contributed by atoms with Crippen LogP contribution in [0.5, 0.6) is 0 Å². The predicted molar refractivity (Wildman–Crippen MR) is 85.3 cm³/mol. The van der Waals surface area contributed by atoms with Crippen molar-refractivity contribution in [2.45, 2.75) is 76.3 Å². The molecule has 0 atom stereocenters. The summed E-state index contributed by atoms with van der Waals surface area (Å²) in [4.78, 5) is 14.9. The molecular formula is C17H32N2O2. The van der Waals surface area contributed by atoms with Crippen molar-refractivity contribution in [2.75, 3.05) is 26.7 Å². The summed E-state index contributed by atoms with van der Waals surface area (Å²) in [5.41, 5.74) is -0.437. The van der Waals surface area contributed by atoms with Gasteiger partial charge in [-0.05, 0) is 38.6 Å². The van der Waals surface area contributed by atoms with Crippen LogP contribution < -0.4 is 5.32 Å². The van der Waals surface area contributed by atoms with E-state index in [2.05, 4.69) is 17.1 Å². The van der Waals surface area contributed by atoms with Crippen molar-refractivity contribution in [2.24, 2.45) is 0 Å². The Morgan fingerprint density at radius 1 is 1.19 bits per heavy atom. The van der Waals surface area contributed by atoms with Crippen LogP contribution in [-0.4, -0.2) is 49.2 Å². The van der Waals surface area contributed by atoms with E-state index in [1.54, 1.807) is 0 Å². The second-order valence-corrected chi connectivity index (χ2v) is 6.75. The van der Waals surface area contributed by atoms with E-state index in [1.165, 1.54) is 52.1 Å². The molecule has 0 aromatic heterocycles. The zero-order valence-corrected chi connectivity index (χ0v) is 13.8. The van der Waals surface area contributed by atoms with Gasteiger partial charge in [0.2, 0.25) is 0 Å². The molecule has 2 aliphatic rings. The monoisotopic (exact) mass is 296 g/mol. The first-order valence-electron chi connectivity index (χ1n) is 8.78. The van der Waals surface area contributed by atoms with Gasteiger partial charge in [0.15, 0.2) is 0 Å². The number of nitrogens with zero attached hydrogens (tertiary/aromatic N) is 1. The lowest BCUT2D eigenvalue weighted by molar-refractivity contribution is -0.151. The Morgan fingerprint density at radius 3 is 2.33 bits per heavy atom.